The number of methoxy groups -OCH3 is 1. The van der Waals surface area contributed by atoms with Crippen LogP contribution in [0.5, 0.6) is 5.75 Å². The van der Waals surface area contributed by atoms with Crippen molar-refractivity contribution in [2.45, 2.75) is 32.4 Å². The highest BCUT2D eigenvalue weighted by Gasteiger charge is 2.27. The van der Waals surface area contributed by atoms with Crippen molar-refractivity contribution in [1.82, 2.24) is 9.80 Å². The summed E-state index contributed by atoms with van der Waals surface area (Å²) in [6.07, 6.45) is 1.26. The van der Waals surface area contributed by atoms with Gasteiger partial charge < -0.3 is 10.5 Å². The van der Waals surface area contributed by atoms with Crippen molar-refractivity contribution < 1.29 is 4.74 Å². The monoisotopic (exact) mass is 291 g/mol. The fraction of sp³-hybridized carbons (Fsp3) is 0.647. The largest absolute Gasteiger partial charge is 0.497 e. The molecule has 21 heavy (non-hydrogen) atoms. The molecule has 1 heterocycles. The van der Waals surface area contributed by atoms with Crippen molar-refractivity contribution in [3.8, 4) is 5.75 Å². The van der Waals surface area contributed by atoms with Gasteiger partial charge in [0.1, 0.15) is 5.75 Å². The maximum Gasteiger partial charge on any atom is 0.119 e. The SMILES string of the molecule is CCN(CC)C1CCN(CC(N)c2cccc(OC)c2)C1. The van der Waals surface area contributed by atoms with Crippen LogP contribution in [-0.4, -0.2) is 55.7 Å². The zero-order valence-electron chi connectivity index (χ0n) is 13.6. The lowest BCUT2D eigenvalue weighted by molar-refractivity contribution is 0.208. The Morgan fingerprint density at radius 2 is 2.14 bits per heavy atom. The molecule has 0 radical (unpaired) electrons. The number of nitrogens with two attached hydrogens (primary N) is 1. The van der Waals surface area contributed by atoms with Gasteiger partial charge in [-0.05, 0) is 43.8 Å². The van der Waals surface area contributed by atoms with Gasteiger partial charge in [-0.15, -0.1) is 0 Å². The minimum atomic E-state index is 0.0514. The van der Waals surface area contributed by atoms with E-state index in [0.29, 0.717) is 6.04 Å². The van der Waals surface area contributed by atoms with Crippen LogP contribution in [0.1, 0.15) is 31.9 Å². The molecule has 2 unspecified atom stereocenters. The summed E-state index contributed by atoms with van der Waals surface area (Å²) in [7, 11) is 1.69. The smallest absolute Gasteiger partial charge is 0.119 e. The topological polar surface area (TPSA) is 41.7 Å². The summed E-state index contributed by atoms with van der Waals surface area (Å²) >= 11 is 0. The molecule has 0 aromatic heterocycles. The predicted octanol–water partition coefficient (Wildman–Crippen LogP) is 2.11. The van der Waals surface area contributed by atoms with Gasteiger partial charge in [-0.2, -0.15) is 0 Å². The van der Waals surface area contributed by atoms with Crippen LogP contribution in [0.3, 0.4) is 0 Å². The number of likely N-dealkylation sites (N-methyl/N-ethyl adjacent to an activating group) is 1. The third-order valence-electron chi connectivity index (χ3n) is 4.55. The van der Waals surface area contributed by atoms with Gasteiger partial charge in [-0.25, -0.2) is 0 Å². The van der Waals surface area contributed by atoms with Crippen LogP contribution >= 0.6 is 0 Å². The molecule has 4 heteroatoms. The van der Waals surface area contributed by atoms with Crippen molar-refractivity contribution in [2.24, 2.45) is 5.73 Å². The maximum atomic E-state index is 6.37. The van der Waals surface area contributed by atoms with Crippen molar-refractivity contribution >= 4 is 0 Å². The number of likely N-dealkylation sites (tertiary alicyclic amines) is 1. The van der Waals surface area contributed by atoms with Crippen molar-refractivity contribution in [2.75, 3.05) is 39.8 Å². The van der Waals surface area contributed by atoms with E-state index in [0.717, 1.165) is 44.0 Å². The minimum Gasteiger partial charge on any atom is -0.497 e. The first kappa shape index (κ1) is 16.3. The summed E-state index contributed by atoms with van der Waals surface area (Å²) in [6.45, 7) is 9.97. The van der Waals surface area contributed by atoms with Crippen LogP contribution in [0.25, 0.3) is 0 Å². The Morgan fingerprint density at radius 1 is 1.38 bits per heavy atom. The summed E-state index contributed by atoms with van der Waals surface area (Å²) in [5.41, 5.74) is 7.53. The zero-order chi connectivity index (χ0) is 15.2. The van der Waals surface area contributed by atoms with E-state index in [-0.39, 0.29) is 6.04 Å². The van der Waals surface area contributed by atoms with Gasteiger partial charge in [-0.1, -0.05) is 26.0 Å². The normalized spacial score (nSPS) is 20.9. The highest BCUT2D eigenvalue weighted by Crippen LogP contribution is 2.21. The molecule has 2 N–H and O–H groups in total. The second-order valence-corrected chi connectivity index (χ2v) is 5.81. The van der Waals surface area contributed by atoms with Crippen LogP contribution in [0, 0.1) is 0 Å². The summed E-state index contributed by atoms with van der Waals surface area (Å²) in [4.78, 5) is 5.05. The Kier molecular flexibility index (Phi) is 6.03. The third kappa shape index (κ3) is 4.19. The maximum absolute atomic E-state index is 6.37. The molecule has 1 aliphatic rings. The van der Waals surface area contributed by atoms with Gasteiger partial charge in [0.2, 0.25) is 0 Å². The van der Waals surface area contributed by atoms with Crippen LogP contribution in [0.4, 0.5) is 0 Å². The van der Waals surface area contributed by atoms with Gasteiger partial charge in [0.15, 0.2) is 0 Å². The number of hydrogen-bond acceptors (Lipinski definition) is 4. The first-order valence-corrected chi connectivity index (χ1v) is 8.03. The lowest BCUT2D eigenvalue weighted by atomic mass is 10.1. The van der Waals surface area contributed by atoms with Crippen molar-refractivity contribution in [1.29, 1.82) is 0 Å². The van der Waals surface area contributed by atoms with Crippen molar-refractivity contribution in [3.05, 3.63) is 29.8 Å². The first-order valence-electron chi connectivity index (χ1n) is 8.03. The van der Waals surface area contributed by atoms with E-state index >= 15 is 0 Å². The van der Waals surface area contributed by atoms with Crippen LogP contribution < -0.4 is 10.5 Å². The Balaban J connectivity index is 1.90. The Morgan fingerprint density at radius 3 is 2.81 bits per heavy atom. The van der Waals surface area contributed by atoms with Crippen molar-refractivity contribution in [3.63, 3.8) is 0 Å². The summed E-state index contributed by atoms with van der Waals surface area (Å²) in [5.74, 6) is 0.880. The lowest BCUT2D eigenvalue weighted by Crippen LogP contribution is -2.38. The van der Waals surface area contributed by atoms with Crippen LogP contribution in [0.2, 0.25) is 0 Å². The molecule has 118 valence electrons. The zero-order valence-corrected chi connectivity index (χ0v) is 13.6. The number of ether oxygens (including phenoxy) is 1. The average Bonchev–Trinajstić information content (AvgIpc) is 2.97. The Bertz CT molecular complexity index is 434. The molecule has 0 saturated carbocycles. The van der Waals surface area contributed by atoms with E-state index < -0.39 is 0 Å². The van der Waals surface area contributed by atoms with E-state index in [4.69, 9.17) is 10.5 Å². The fourth-order valence-corrected chi connectivity index (χ4v) is 3.27. The Labute approximate surface area is 128 Å². The summed E-state index contributed by atoms with van der Waals surface area (Å²) in [5, 5.41) is 0. The molecule has 1 saturated heterocycles. The molecule has 0 spiro atoms. The van der Waals surface area contributed by atoms with E-state index in [1.165, 1.54) is 6.42 Å². The van der Waals surface area contributed by atoms with Gasteiger partial charge >= 0.3 is 0 Å². The summed E-state index contributed by atoms with van der Waals surface area (Å²) < 4.78 is 5.28. The molecule has 0 amide bonds. The quantitative estimate of drug-likeness (QED) is 0.835. The molecule has 2 atom stereocenters. The highest BCUT2D eigenvalue weighted by atomic mass is 16.5. The average molecular weight is 291 g/mol. The second-order valence-electron chi connectivity index (χ2n) is 5.81. The van der Waals surface area contributed by atoms with E-state index in [9.17, 15) is 0 Å². The predicted molar refractivity (Wildman–Crippen MR) is 87.7 cm³/mol. The van der Waals surface area contributed by atoms with Crippen LogP contribution in [-0.2, 0) is 0 Å². The first-order chi connectivity index (χ1) is 10.2. The molecule has 1 aromatic carbocycles. The van der Waals surface area contributed by atoms with E-state index in [2.05, 4.69) is 29.7 Å². The molecular formula is C17H29N3O. The molecule has 0 bridgehead atoms. The number of nitrogens with zero attached hydrogens (tertiary/aromatic N) is 2. The van der Waals surface area contributed by atoms with E-state index in [1.54, 1.807) is 7.11 Å². The fourth-order valence-electron chi connectivity index (χ4n) is 3.27. The second kappa shape index (κ2) is 7.78. The molecule has 4 nitrogen and oxygen atoms in total. The third-order valence-corrected chi connectivity index (χ3v) is 4.55. The van der Waals surface area contributed by atoms with Gasteiger partial charge in [-0.3, -0.25) is 9.80 Å². The number of benzene rings is 1. The van der Waals surface area contributed by atoms with Gasteiger partial charge in [0, 0.05) is 25.2 Å². The molecular weight excluding hydrogens is 262 g/mol. The minimum absolute atomic E-state index is 0.0514. The number of hydrogen-bond donors (Lipinski definition) is 1. The standard InChI is InChI=1S/C17H29N3O/c1-4-20(5-2)15-9-10-19(12-15)13-17(18)14-7-6-8-16(11-14)21-3/h6-8,11,15,17H,4-5,9-10,12-13,18H2,1-3H3. The molecule has 1 aromatic rings. The number of rotatable bonds is 7. The molecule has 1 aliphatic heterocycles. The summed E-state index contributed by atoms with van der Waals surface area (Å²) in [6, 6.07) is 8.85. The Hall–Kier alpha value is -1.10. The van der Waals surface area contributed by atoms with Gasteiger partial charge in [0.05, 0.1) is 7.11 Å². The van der Waals surface area contributed by atoms with E-state index in [1.807, 2.05) is 18.2 Å². The van der Waals surface area contributed by atoms with Gasteiger partial charge in [0.25, 0.3) is 0 Å². The lowest BCUT2D eigenvalue weighted by Gasteiger charge is -2.27. The van der Waals surface area contributed by atoms with Crippen LogP contribution in [0.15, 0.2) is 24.3 Å². The molecule has 1 fully saturated rings. The highest BCUT2D eigenvalue weighted by molar-refractivity contribution is 5.30. The molecule has 2 rings (SSSR count). The molecule has 0 aliphatic carbocycles.